The van der Waals surface area contributed by atoms with Crippen molar-refractivity contribution in [3.63, 3.8) is 0 Å². The SMILES string of the molecule is C[Si]1(C)c2ccccc2-c2ccc(-c3cc(-c4ccc(N(c5ccccc5)c5ccccc5)cc4)c4cccc(-c5ccc(-c6c7ccccc7c(-c7ccccc7)c7ccccc67)cc5)c4n3)cc21. The van der Waals surface area contributed by atoms with Crippen LogP contribution < -0.4 is 15.3 Å². The second kappa shape index (κ2) is 16.9. The molecular weight excluding hydrogens is 861 g/mol. The highest BCUT2D eigenvalue weighted by Gasteiger charge is 2.37. The molecule has 0 radical (unpaired) electrons. The molecule has 0 bridgehead atoms. The van der Waals surface area contributed by atoms with Gasteiger partial charge in [-0.1, -0.05) is 225 Å². The summed E-state index contributed by atoms with van der Waals surface area (Å²) >= 11 is 0. The van der Waals surface area contributed by atoms with Crippen LogP contribution in [0.5, 0.6) is 0 Å². The molecule has 0 saturated carbocycles. The van der Waals surface area contributed by atoms with E-state index in [0.717, 1.165) is 61.5 Å². The van der Waals surface area contributed by atoms with Crippen molar-refractivity contribution in [2.75, 3.05) is 4.90 Å². The van der Waals surface area contributed by atoms with Crippen LogP contribution in [0, 0.1) is 0 Å². The van der Waals surface area contributed by atoms with E-state index in [1.807, 2.05) is 0 Å². The Balaban J connectivity index is 0.969. The number of fused-ring (bicyclic) bond motifs is 6. The van der Waals surface area contributed by atoms with Crippen LogP contribution in [0.15, 0.2) is 255 Å². The maximum absolute atomic E-state index is 5.66. The second-order valence-electron chi connectivity index (χ2n) is 19.0. The van der Waals surface area contributed by atoms with E-state index in [9.17, 15) is 0 Å². The topological polar surface area (TPSA) is 16.1 Å². The van der Waals surface area contributed by atoms with Crippen molar-refractivity contribution in [1.82, 2.24) is 4.98 Å². The summed E-state index contributed by atoms with van der Waals surface area (Å²) in [5, 5.41) is 9.12. The molecule has 0 aliphatic carbocycles. The largest absolute Gasteiger partial charge is 0.311 e. The molecule has 70 heavy (non-hydrogen) atoms. The van der Waals surface area contributed by atoms with Gasteiger partial charge in [0.25, 0.3) is 0 Å². The van der Waals surface area contributed by atoms with E-state index in [1.165, 1.54) is 65.3 Å². The Morgan fingerprint density at radius 2 is 0.729 bits per heavy atom. The number of nitrogens with zero attached hydrogens (tertiary/aromatic N) is 2. The number of pyridine rings is 1. The summed E-state index contributed by atoms with van der Waals surface area (Å²) in [5.74, 6) is 0. The lowest BCUT2D eigenvalue weighted by Crippen LogP contribution is -2.49. The van der Waals surface area contributed by atoms with Crippen LogP contribution in [0.3, 0.4) is 0 Å². The number of aromatic nitrogens is 1. The van der Waals surface area contributed by atoms with E-state index in [1.54, 1.807) is 0 Å². The lowest BCUT2D eigenvalue weighted by Gasteiger charge is -2.25. The van der Waals surface area contributed by atoms with Crippen LogP contribution >= 0.6 is 0 Å². The van der Waals surface area contributed by atoms with Gasteiger partial charge in [-0.3, -0.25) is 0 Å². The normalized spacial score (nSPS) is 12.5. The predicted molar refractivity (Wildman–Crippen MR) is 301 cm³/mol. The minimum Gasteiger partial charge on any atom is -0.311 e. The first kappa shape index (κ1) is 41.5. The third-order valence-electron chi connectivity index (χ3n) is 14.7. The molecule has 13 rings (SSSR count). The van der Waals surface area contributed by atoms with E-state index in [4.69, 9.17) is 4.98 Å². The molecule has 0 atom stereocenters. The lowest BCUT2D eigenvalue weighted by atomic mass is 9.85. The number of para-hydroxylation sites is 3. The number of anilines is 3. The number of hydrogen-bond donors (Lipinski definition) is 0. The van der Waals surface area contributed by atoms with E-state index in [0.29, 0.717) is 0 Å². The average Bonchev–Trinajstić information content (AvgIpc) is 3.65. The Morgan fingerprint density at radius 1 is 0.300 bits per heavy atom. The van der Waals surface area contributed by atoms with Gasteiger partial charge >= 0.3 is 0 Å². The molecule has 3 heteroatoms. The lowest BCUT2D eigenvalue weighted by molar-refractivity contribution is 1.28. The van der Waals surface area contributed by atoms with Crippen LogP contribution in [0.4, 0.5) is 17.1 Å². The zero-order chi connectivity index (χ0) is 46.8. The van der Waals surface area contributed by atoms with Crippen LogP contribution in [-0.4, -0.2) is 13.1 Å². The molecular formula is C67H48N2Si. The molecule has 1 aromatic heterocycles. The van der Waals surface area contributed by atoms with Crippen LogP contribution in [0.1, 0.15) is 0 Å². The molecule has 0 unspecified atom stereocenters. The Bertz CT molecular complexity index is 3840. The van der Waals surface area contributed by atoms with Gasteiger partial charge in [-0.15, -0.1) is 0 Å². The number of hydrogen-bond acceptors (Lipinski definition) is 2. The van der Waals surface area contributed by atoms with Crippen molar-refractivity contribution < 1.29 is 0 Å². The van der Waals surface area contributed by atoms with E-state index in [-0.39, 0.29) is 0 Å². The van der Waals surface area contributed by atoms with Crippen LogP contribution in [-0.2, 0) is 0 Å². The van der Waals surface area contributed by atoms with Gasteiger partial charge < -0.3 is 4.90 Å². The van der Waals surface area contributed by atoms with Crippen LogP contribution in [0.2, 0.25) is 13.1 Å². The van der Waals surface area contributed by atoms with Gasteiger partial charge in [0.2, 0.25) is 0 Å². The van der Waals surface area contributed by atoms with Crippen molar-refractivity contribution in [2.24, 2.45) is 0 Å². The summed E-state index contributed by atoms with van der Waals surface area (Å²) in [6.45, 7) is 4.98. The zero-order valence-corrected chi connectivity index (χ0v) is 40.1. The Morgan fingerprint density at radius 3 is 1.34 bits per heavy atom. The summed E-state index contributed by atoms with van der Waals surface area (Å²) < 4.78 is 0. The van der Waals surface area contributed by atoms with Crippen molar-refractivity contribution in [1.29, 1.82) is 0 Å². The minimum absolute atomic E-state index is 0.978. The Kier molecular flexibility index (Phi) is 10.0. The summed E-state index contributed by atoms with van der Waals surface area (Å²) in [4.78, 5) is 7.98. The fourth-order valence-corrected chi connectivity index (χ4v) is 14.4. The highest BCUT2D eigenvalue weighted by atomic mass is 28.3. The fourth-order valence-electron chi connectivity index (χ4n) is 11.3. The third-order valence-corrected chi connectivity index (χ3v) is 18.2. The fraction of sp³-hybridized carbons (Fsp3) is 0.0299. The Labute approximate surface area is 410 Å². The van der Waals surface area contributed by atoms with Gasteiger partial charge in [0.1, 0.15) is 8.07 Å². The highest BCUT2D eigenvalue weighted by molar-refractivity contribution is 7.03. The molecule has 2 heterocycles. The first-order valence-corrected chi connectivity index (χ1v) is 27.3. The molecule has 0 fully saturated rings. The predicted octanol–water partition coefficient (Wildman–Crippen LogP) is 17.1. The van der Waals surface area contributed by atoms with Gasteiger partial charge in [-0.2, -0.15) is 0 Å². The summed E-state index contributed by atoms with van der Waals surface area (Å²) in [7, 11) is -1.93. The maximum atomic E-state index is 5.66. The van der Waals surface area contributed by atoms with Gasteiger partial charge in [0.05, 0.1) is 11.2 Å². The first-order chi connectivity index (χ1) is 34.5. The van der Waals surface area contributed by atoms with E-state index < -0.39 is 8.07 Å². The van der Waals surface area contributed by atoms with Gasteiger partial charge in [0, 0.05) is 33.6 Å². The van der Waals surface area contributed by atoms with E-state index in [2.05, 4.69) is 273 Å². The molecule has 12 aromatic rings. The van der Waals surface area contributed by atoms with Crippen molar-refractivity contribution in [3.05, 3.63) is 255 Å². The summed E-state index contributed by atoms with van der Waals surface area (Å²) in [5.41, 5.74) is 18.7. The molecule has 1 aliphatic rings. The molecule has 2 nitrogen and oxygen atoms in total. The molecule has 0 N–H and O–H groups in total. The molecule has 0 amide bonds. The highest BCUT2D eigenvalue weighted by Crippen LogP contribution is 2.45. The summed E-state index contributed by atoms with van der Waals surface area (Å²) in [6.07, 6.45) is 0. The van der Waals surface area contributed by atoms with Crippen molar-refractivity contribution >= 4 is 68.0 Å². The molecule has 0 spiro atoms. The molecule has 330 valence electrons. The monoisotopic (exact) mass is 908 g/mol. The molecule has 11 aromatic carbocycles. The maximum Gasteiger partial charge on any atom is 0.113 e. The van der Waals surface area contributed by atoms with Crippen molar-refractivity contribution in [3.8, 4) is 66.9 Å². The van der Waals surface area contributed by atoms with Crippen LogP contribution in [0.25, 0.3) is 99.3 Å². The number of rotatable bonds is 8. The van der Waals surface area contributed by atoms with E-state index >= 15 is 0 Å². The van der Waals surface area contributed by atoms with Crippen molar-refractivity contribution in [2.45, 2.75) is 13.1 Å². The zero-order valence-electron chi connectivity index (χ0n) is 39.1. The minimum atomic E-state index is -1.93. The average molecular weight is 909 g/mol. The first-order valence-electron chi connectivity index (χ1n) is 24.3. The smallest absolute Gasteiger partial charge is 0.113 e. The summed E-state index contributed by atoms with van der Waals surface area (Å²) in [6, 6.07) is 93.2. The standard InChI is InChI=1S/C67H48N2Si/c1-70(2)63-32-17-16-25-54(63)55-42-39-49(43-64(55)70)62-44-61(46-37-40-52(41-38-46)69(50-21-8-4-9-22-50)51-23-10-5-11-24-51)60-31-18-30-53(67(60)68-62)45-33-35-48(36-34-45)66-58-28-14-12-26-56(58)65(47-19-6-3-7-20-47)57-27-13-15-29-59(57)66/h3-44H,1-2H3. The Hall–Kier alpha value is -8.63. The van der Waals surface area contributed by atoms with Gasteiger partial charge in [-0.25, -0.2) is 4.98 Å². The third kappa shape index (κ3) is 6.89. The second-order valence-corrected chi connectivity index (χ2v) is 23.4. The number of benzene rings is 11. The quantitative estimate of drug-likeness (QED) is 0.112. The van der Waals surface area contributed by atoms with Gasteiger partial charge in [0.15, 0.2) is 0 Å². The molecule has 0 saturated heterocycles. The molecule has 1 aliphatic heterocycles. The van der Waals surface area contributed by atoms with Gasteiger partial charge in [-0.05, 0) is 124 Å².